The molecule has 0 unspecified atom stereocenters. The van der Waals surface area contributed by atoms with Gasteiger partial charge in [0.1, 0.15) is 6.61 Å². The highest BCUT2D eigenvalue weighted by atomic mass is 28.4. The Morgan fingerprint density at radius 1 is 0.852 bits per heavy atom. The molecule has 0 rings (SSSR count). The molecule has 0 saturated heterocycles. The minimum absolute atomic E-state index is 0.229. The first-order chi connectivity index (χ1) is 12.3. The molecule has 27 heavy (non-hydrogen) atoms. The second-order valence-corrected chi connectivity index (χ2v) is 13.9. The fourth-order valence-electron chi connectivity index (χ4n) is 2.17. The van der Waals surface area contributed by atoms with Gasteiger partial charge in [0.2, 0.25) is 0 Å². The van der Waals surface area contributed by atoms with Gasteiger partial charge in [-0.1, -0.05) is 49.6 Å². The molecule has 0 aliphatic carbocycles. The summed E-state index contributed by atoms with van der Waals surface area (Å²) in [6.07, 6.45) is 10.8. The fraction of sp³-hybridized carbons (Fsp3) is 0.696. The second-order valence-electron chi connectivity index (χ2n) is 9.08. The molecule has 0 heterocycles. The predicted molar refractivity (Wildman–Crippen MR) is 120 cm³/mol. The van der Waals surface area contributed by atoms with E-state index in [4.69, 9.17) is 9.16 Å². The molecule has 0 N–H and O–H groups in total. The zero-order chi connectivity index (χ0) is 21.1. The van der Waals surface area contributed by atoms with Crippen molar-refractivity contribution in [1.29, 1.82) is 0 Å². The van der Waals surface area contributed by atoms with E-state index in [-0.39, 0.29) is 11.0 Å². The summed E-state index contributed by atoms with van der Waals surface area (Å²) in [4.78, 5) is 10.7. The van der Waals surface area contributed by atoms with Crippen LogP contribution >= 0.6 is 0 Å². The van der Waals surface area contributed by atoms with Crippen molar-refractivity contribution >= 4 is 14.3 Å². The van der Waals surface area contributed by atoms with Gasteiger partial charge in [0, 0.05) is 6.92 Å². The predicted octanol–water partition coefficient (Wildman–Crippen LogP) is 6.97. The van der Waals surface area contributed by atoms with Gasteiger partial charge in [-0.05, 0) is 70.7 Å². The van der Waals surface area contributed by atoms with Crippen molar-refractivity contribution in [3.63, 3.8) is 0 Å². The molecule has 0 saturated carbocycles. The fourth-order valence-corrected chi connectivity index (χ4v) is 3.19. The number of rotatable bonds is 11. The molecule has 0 aliphatic rings. The molecule has 0 aromatic carbocycles. The zero-order valence-corrected chi connectivity index (χ0v) is 20.2. The first-order valence-corrected chi connectivity index (χ1v) is 13.0. The number of carbonyl (C=O) groups excluding carboxylic acids is 1. The monoisotopic (exact) mass is 394 g/mol. The molecule has 0 radical (unpaired) electrons. The Balaban J connectivity index is 4.19. The third-order valence-electron chi connectivity index (χ3n) is 5.25. The van der Waals surface area contributed by atoms with E-state index in [1.54, 1.807) is 0 Å². The van der Waals surface area contributed by atoms with Gasteiger partial charge in [0.25, 0.3) is 0 Å². The Labute approximate surface area is 169 Å². The minimum atomic E-state index is -1.66. The van der Waals surface area contributed by atoms with Crippen molar-refractivity contribution in [3.8, 4) is 0 Å². The van der Waals surface area contributed by atoms with Crippen molar-refractivity contribution < 1.29 is 14.0 Å². The zero-order valence-electron chi connectivity index (χ0n) is 19.2. The summed E-state index contributed by atoms with van der Waals surface area (Å²) in [6.45, 7) is 20.5. The van der Waals surface area contributed by atoms with Crippen molar-refractivity contribution in [2.45, 2.75) is 92.3 Å². The van der Waals surface area contributed by atoms with Crippen LogP contribution in [0.25, 0.3) is 0 Å². The van der Waals surface area contributed by atoms with E-state index in [0.29, 0.717) is 6.61 Å². The van der Waals surface area contributed by atoms with Crippen LogP contribution in [0.5, 0.6) is 0 Å². The number of carbonyl (C=O) groups is 1. The van der Waals surface area contributed by atoms with Crippen LogP contribution < -0.4 is 0 Å². The lowest BCUT2D eigenvalue weighted by atomic mass is 10.1. The van der Waals surface area contributed by atoms with Crippen molar-refractivity contribution in [3.05, 3.63) is 34.9 Å². The molecule has 0 aromatic heterocycles. The molecule has 0 atom stereocenters. The Bertz CT molecular complexity index is 548. The van der Waals surface area contributed by atoms with Crippen LogP contribution in [0.1, 0.15) is 74.1 Å². The van der Waals surface area contributed by atoms with Gasteiger partial charge in [-0.15, -0.1) is 0 Å². The summed E-state index contributed by atoms with van der Waals surface area (Å²) < 4.78 is 11.2. The van der Waals surface area contributed by atoms with E-state index < -0.39 is 8.32 Å². The molecule has 0 spiro atoms. The van der Waals surface area contributed by atoms with Crippen LogP contribution in [0.15, 0.2) is 34.9 Å². The molecule has 0 fully saturated rings. The molecule has 0 aromatic rings. The largest absolute Gasteiger partial charge is 0.462 e. The van der Waals surface area contributed by atoms with Crippen LogP contribution in [0.4, 0.5) is 0 Å². The summed E-state index contributed by atoms with van der Waals surface area (Å²) in [7, 11) is -1.66. The highest BCUT2D eigenvalue weighted by Gasteiger charge is 2.36. The van der Waals surface area contributed by atoms with Crippen molar-refractivity contribution in [2.75, 3.05) is 13.2 Å². The van der Waals surface area contributed by atoms with Crippen LogP contribution in [0.3, 0.4) is 0 Å². The topological polar surface area (TPSA) is 35.5 Å². The van der Waals surface area contributed by atoms with Gasteiger partial charge in [-0.25, -0.2) is 0 Å². The average molecular weight is 395 g/mol. The molecule has 0 aliphatic heterocycles. The number of hydrogen-bond acceptors (Lipinski definition) is 3. The maximum absolute atomic E-state index is 10.7. The number of hydrogen-bond donors (Lipinski definition) is 0. The van der Waals surface area contributed by atoms with E-state index in [2.05, 4.69) is 66.8 Å². The third kappa shape index (κ3) is 12.8. The van der Waals surface area contributed by atoms with Gasteiger partial charge < -0.3 is 9.16 Å². The van der Waals surface area contributed by atoms with Gasteiger partial charge in [-0.2, -0.15) is 0 Å². The first-order valence-electron chi connectivity index (χ1n) is 10.1. The van der Waals surface area contributed by atoms with Gasteiger partial charge in [0.15, 0.2) is 8.32 Å². The summed E-state index contributed by atoms with van der Waals surface area (Å²) in [6, 6.07) is 0. The highest BCUT2D eigenvalue weighted by molar-refractivity contribution is 6.74. The number of allylic oxidation sites excluding steroid dienone is 4. The molecule has 0 amide bonds. The Hall–Kier alpha value is -1.13. The molecule has 4 heteroatoms. The van der Waals surface area contributed by atoms with Crippen LogP contribution in [0.2, 0.25) is 18.1 Å². The average Bonchev–Trinajstić information content (AvgIpc) is 2.51. The van der Waals surface area contributed by atoms with Gasteiger partial charge in [-0.3, -0.25) is 4.79 Å². The number of ether oxygens (including phenoxy) is 1. The SMILES string of the molecule is CC(=O)OC/C=C(\C)CC/C=C(\C)CC/C=C(\C)CO[Si](C)(C)C(C)(C)C. The molecule has 156 valence electrons. The van der Waals surface area contributed by atoms with Crippen LogP contribution in [-0.4, -0.2) is 27.5 Å². The maximum atomic E-state index is 10.7. The van der Waals surface area contributed by atoms with Crippen LogP contribution in [0, 0.1) is 0 Å². The standard InChI is InChI=1S/C23H42O3Si/c1-19(12-10-14-20(2)16-17-25-22(4)24)13-11-15-21(3)18-26-27(8,9)23(5,6)7/h12,15-16H,10-11,13-14,17-18H2,1-9H3/b19-12+,20-16+,21-15+. The molecular weight excluding hydrogens is 352 g/mol. The first kappa shape index (κ1) is 25.9. The Kier molecular flexibility index (Phi) is 11.8. The van der Waals surface area contributed by atoms with E-state index in [1.165, 1.54) is 23.6 Å². The van der Waals surface area contributed by atoms with Gasteiger partial charge >= 0.3 is 5.97 Å². The minimum Gasteiger partial charge on any atom is -0.462 e. The van der Waals surface area contributed by atoms with E-state index >= 15 is 0 Å². The quantitative estimate of drug-likeness (QED) is 0.216. The Morgan fingerprint density at radius 3 is 1.81 bits per heavy atom. The highest BCUT2D eigenvalue weighted by Crippen LogP contribution is 2.36. The van der Waals surface area contributed by atoms with E-state index in [9.17, 15) is 4.79 Å². The summed E-state index contributed by atoms with van der Waals surface area (Å²) in [5.74, 6) is -0.229. The summed E-state index contributed by atoms with van der Waals surface area (Å²) >= 11 is 0. The van der Waals surface area contributed by atoms with E-state index in [1.807, 2.05) is 6.08 Å². The lowest BCUT2D eigenvalue weighted by Crippen LogP contribution is -2.41. The van der Waals surface area contributed by atoms with Crippen molar-refractivity contribution in [2.24, 2.45) is 0 Å². The smallest absolute Gasteiger partial charge is 0.302 e. The molecule has 3 nitrogen and oxygen atoms in total. The van der Waals surface area contributed by atoms with E-state index in [0.717, 1.165) is 32.3 Å². The summed E-state index contributed by atoms with van der Waals surface area (Å²) in [5, 5.41) is 0.261. The number of esters is 1. The van der Waals surface area contributed by atoms with Crippen molar-refractivity contribution in [1.82, 2.24) is 0 Å². The Morgan fingerprint density at radius 2 is 1.33 bits per heavy atom. The molecular formula is C23H42O3Si. The third-order valence-corrected chi connectivity index (χ3v) is 9.73. The van der Waals surface area contributed by atoms with Crippen LogP contribution in [-0.2, 0) is 14.0 Å². The summed E-state index contributed by atoms with van der Waals surface area (Å²) in [5.41, 5.74) is 4.02. The molecule has 0 bridgehead atoms. The van der Waals surface area contributed by atoms with Gasteiger partial charge in [0.05, 0.1) is 6.61 Å². The normalized spacial score (nSPS) is 14.5. The lowest BCUT2D eigenvalue weighted by Gasteiger charge is -2.36. The second kappa shape index (κ2) is 12.3. The lowest BCUT2D eigenvalue weighted by molar-refractivity contribution is -0.139. The maximum Gasteiger partial charge on any atom is 0.302 e.